The Morgan fingerprint density at radius 2 is 1.06 bits per heavy atom. The zero-order valence-electron chi connectivity index (χ0n) is 20.7. The first-order chi connectivity index (χ1) is 14.7. The molecule has 2 rings (SSSR count). The molecule has 0 aliphatic carbocycles. The first kappa shape index (κ1) is 25.3. The zero-order valence-corrected chi connectivity index (χ0v) is 20.7. The van der Waals surface area contributed by atoms with Crippen LogP contribution in [0.5, 0.6) is 11.5 Å². The standard InChI is InChI=1S/C29H44O2/c1-7-23-19-25(13-15-27(23)30)29(17-9-11-21(3)4,18-10-12-22(5)6)26-14-16-28(31)24(8-2)20-26/h13-16,19-22,30-31H,7-12,17-18H2,1-6H3. The number of aryl methyl sites for hydroxylation is 2. The lowest BCUT2D eigenvalue weighted by molar-refractivity contribution is 0.370. The molecule has 0 aliphatic heterocycles. The van der Waals surface area contributed by atoms with Crippen LogP contribution >= 0.6 is 0 Å². The van der Waals surface area contributed by atoms with Gasteiger partial charge in [0, 0.05) is 5.41 Å². The molecular weight excluding hydrogens is 380 g/mol. The van der Waals surface area contributed by atoms with Gasteiger partial charge in [-0.15, -0.1) is 0 Å². The Kier molecular flexibility index (Phi) is 9.47. The highest BCUT2D eigenvalue weighted by Crippen LogP contribution is 2.44. The fourth-order valence-electron chi connectivity index (χ4n) is 4.83. The minimum absolute atomic E-state index is 0.0982. The van der Waals surface area contributed by atoms with E-state index in [0.717, 1.165) is 36.8 Å². The fourth-order valence-corrected chi connectivity index (χ4v) is 4.83. The predicted molar refractivity (Wildman–Crippen MR) is 133 cm³/mol. The minimum Gasteiger partial charge on any atom is -0.508 e. The minimum atomic E-state index is -0.0982. The van der Waals surface area contributed by atoms with Crippen molar-refractivity contribution in [3.05, 3.63) is 58.7 Å². The van der Waals surface area contributed by atoms with Crippen molar-refractivity contribution >= 4 is 0 Å². The Bertz CT molecular complexity index is 750. The molecule has 0 spiro atoms. The summed E-state index contributed by atoms with van der Waals surface area (Å²) in [6.45, 7) is 13.4. The van der Waals surface area contributed by atoms with Gasteiger partial charge in [0.15, 0.2) is 0 Å². The predicted octanol–water partition coefficient (Wildman–Crippen LogP) is 8.16. The summed E-state index contributed by atoms with van der Waals surface area (Å²) in [5.74, 6) is 2.16. The van der Waals surface area contributed by atoms with Gasteiger partial charge in [0.05, 0.1) is 0 Å². The number of hydrogen-bond donors (Lipinski definition) is 2. The van der Waals surface area contributed by atoms with Gasteiger partial charge in [-0.1, -0.05) is 91.5 Å². The van der Waals surface area contributed by atoms with Crippen LogP contribution in [-0.4, -0.2) is 10.2 Å². The second kappa shape index (κ2) is 11.6. The molecule has 2 N–H and O–H groups in total. The Morgan fingerprint density at radius 3 is 1.39 bits per heavy atom. The molecule has 2 nitrogen and oxygen atoms in total. The molecule has 0 aliphatic rings. The van der Waals surface area contributed by atoms with Gasteiger partial charge in [-0.3, -0.25) is 0 Å². The van der Waals surface area contributed by atoms with Crippen LogP contribution in [-0.2, 0) is 18.3 Å². The van der Waals surface area contributed by atoms with Crippen molar-refractivity contribution in [1.29, 1.82) is 0 Å². The molecule has 172 valence electrons. The van der Waals surface area contributed by atoms with Gasteiger partial charge < -0.3 is 10.2 Å². The van der Waals surface area contributed by atoms with E-state index in [1.807, 2.05) is 12.1 Å². The Morgan fingerprint density at radius 1 is 0.677 bits per heavy atom. The van der Waals surface area contributed by atoms with Crippen molar-refractivity contribution in [1.82, 2.24) is 0 Å². The van der Waals surface area contributed by atoms with Crippen molar-refractivity contribution in [2.75, 3.05) is 0 Å². The van der Waals surface area contributed by atoms with E-state index in [1.165, 1.54) is 36.8 Å². The summed E-state index contributed by atoms with van der Waals surface area (Å²) in [6.07, 6.45) is 8.59. The summed E-state index contributed by atoms with van der Waals surface area (Å²) >= 11 is 0. The third-order valence-corrected chi connectivity index (χ3v) is 6.80. The van der Waals surface area contributed by atoms with Crippen LogP contribution in [0.1, 0.15) is 102 Å². The summed E-state index contributed by atoms with van der Waals surface area (Å²) in [5, 5.41) is 20.7. The molecule has 2 aromatic carbocycles. The largest absolute Gasteiger partial charge is 0.508 e. The fraction of sp³-hybridized carbons (Fsp3) is 0.586. The maximum Gasteiger partial charge on any atom is 0.118 e. The van der Waals surface area contributed by atoms with Crippen molar-refractivity contribution in [3.63, 3.8) is 0 Å². The molecule has 2 heteroatoms. The molecule has 0 saturated heterocycles. The van der Waals surface area contributed by atoms with Crippen LogP contribution in [0.4, 0.5) is 0 Å². The van der Waals surface area contributed by atoms with E-state index in [-0.39, 0.29) is 5.41 Å². The highest BCUT2D eigenvalue weighted by Gasteiger charge is 2.34. The van der Waals surface area contributed by atoms with Crippen LogP contribution in [0.3, 0.4) is 0 Å². The summed E-state index contributed by atoms with van der Waals surface area (Å²) in [6, 6.07) is 12.5. The van der Waals surface area contributed by atoms with Crippen LogP contribution in [0, 0.1) is 11.8 Å². The average molecular weight is 425 g/mol. The number of aromatic hydroxyl groups is 2. The van der Waals surface area contributed by atoms with E-state index in [9.17, 15) is 10.2 Å². The Hall–Kier alpha value is -1.96. The van der Waals surface area contributed by atoms with Crippen LogP contribution in [0.25, 0.3) is 0 Å². The summed E-state index contributed by atoms with van der Waals surface area (Å²) in [5.41, 5.74) is 4.55. The zero-order chi connectivity index (χ0) is 23.0. The van der Waals surface area contributed by atoms with Gasteiger partial charge >= 0.3 is 0 Å². The molecule has 0 fully saturated rings. The topological polar surface area (TPSA) is 40.5 Å². The van der Waals surface area contributed by atoms with Gasteiger partial charge in [-0.05, 0) is 71.9 Å². The summed E-state index contributed by atoms with van der Waals surface area (Å²) < 4.78 is 0. The van der Waals surface area contributed by atoms with E-state index < -0.39 is 0 Å². The molecule has 0 atom stereocenters. The number of phenols is 2. The first-order valence-corrected chi connectivity index (χ1v) is 12.4. The molecular formula is C29H44O2. The molecule has 2 aromatic rings. The van der Waals surface area contributed by atoms with Crippen LogP contribution in [0.15, 0.2) is 36.4 Å². The molecule has 0 aromatic heterocycles. The normalized spacial score (nSPS) is 12.1. The van der Waals surface area contributed by atoms with Gasteiger partial charge in [-0.2, -0.15) is 0 Å². The van der Waals surface area contributed by atoms with E-state index in [4.69, 9.17) is 0 Å². The molecule has 0 saturated carbocycles. The summed E-state index contributed by atoms with van der Waals surface area (Å²) in [4.78, 5) is 0. The van der Waals surface area contributed by atoms with E-state index >= 15 is 0 Å². The van der Waals surface area contributed by atoms with Gasteiger partial charge in [0.25, 0.3) is 0 Å². The highest BCUT2D eigenvalue weighted by molar-refractivity contribution is 5.48. The van der Waals surface area contributed by atoms with Crippen molar-refractivity contribution in [3.8, 4) is 11.5 Å². The van der Waals surface area contributed by atoms with Gasteiger partial charge in [0.2, 0.25) is 0 Å². The molecule has 0 amide bonds. The highest BCUT2D eigenvalue weighted by atomic mass is 16.3. The number of benzene rings is 2. The Balaban J connectivity index is 2.63. The summed E-state index contributed by atoms with van der Waals surface area (Å²) in [7, 11) is 0. The second-order valence-corrected chi connectivity index (χ2v) is 10.0. The van der Waals surface area contributed by atoms with E-state index in [2.05, 4.69) is 65.8 Å². The smallest absolute Gasteiger partial charge is 0.118 e. The van der Waals surface area contributed by atoms with Crippen LogP contribution in [0.2, 0.25) is 0 Å². The Labute approximate surface area is 190 Å². The molecule has 0 bridgehead atoms. The van der Waals surface area contributed by atoms with E-state index in [0.29, 0.717) is 23.3 Å². The third kappa shape index (κ3) is 6.51. The van der Waals surface area contributed by atoms with Crippen molar-refractivity contribution < 1.29 is 10.2 Å². The average Bonchev–Trinajstić information content (AvgIpc) is 2.73. The van der Waals surface area contributed by atoms with Crippen molar-refractivity contribution in [2.24, 2.45) is 11.8 Å². The molecule has 0 unspecified atom stereocenters. The third-order valence-electron chi connectivity index (χ3n) is 6.80. The maximum atomic E-state index is 10.4. The number of phenolic OH excluding ortho intramolecular Hbond substituents is 2. The molecule has 0 radical (unpaired) electrons. The monoisotopic (exact) mass is 424 g/mol. The quantitative estimate of drug-likeness (QED) is 0.361. The maximum absolute atomic E-state index is 10.4. The van der Waals surface area contributed by atoms with Crippen LogP contribution < -0.4 is 0 Å². The van der Waals surface area contributed by atoms with Crippen molar-refractivity contribution in [2.45, 2.75) is 98.3 Å². The molecule has 0 heterocycles. The lowest BCUT2D eigenvalue weighted by atomic mass is 9.67. The van der Waals surface area contributed by atoms with Gasteiger partial charge in [-0.25, -0.2) is 0 Å². The van der Waals surface area contributed by atoms with Gasteiger partial charge in [0.1, 0.15) is 11.5 Å². The van der Waals surface area contributed by atoms with E-state index in [1.54, 1.807) is 0 Å². The first-order valence-electron chi connectivity index (χ1n) is 12.4. The molecule has 31 heavy (non-hydrogen) atoms. The number of rotatable bonds is 12. The lowest BCUT2D eigenvalue weighted by Crippen LogP contribution is -2.29. The second-order valence-electron chi connectivity index (χ2n) is 10.0. The number of hydrogen-bond acceptors (Lipinski definition) is 2. The lowest BCUT2D eigenvalue weighted by Gasteiger charge is -2.37. The SMILES string of the molecule is CCc1cc(C(CCCC(C)C)(CCCC(C)C)c2ccc(O)c(CC)c2)ccc1O.